The number of piperidine rings is 1. The molecule has 2 aromatic rings. The molecule has 2 amide bonds. The molecule has 1 unspecified atom stereocenters. The van der Waals surface area contributed by atoms with E-state index in [9.17, 15) is 14.7 Å². The van der Waals surface area contributed by atoms with Crippen LogP contribution in [0, 0.1) is 5.92 Å². The summed E-state index contributed by atoms with van der Waals surface area (Å²) in [6.45, 7) is 2.03. The first kappa shape index (κ1) is 17.0. The average Bonchev–Trinajstić information content (AvgIpc) is 3.23. The van der Waals surface area contributed by atoms with Crippen LogP contribution in [-0.2, 0) is 11.3 Å². The van der Waals surface area contributed by atoms with Crippen LogP contribution < -0.4 is 15.1 Å². The second-order valence-electron chi connectivity index (χ2n) is 8.37. The molecule has 150 valence electrons. The van der Waals surface area contributed by atoms with Crippen LogP contribution in [-0.4, -0.2) is 56.9 Å². The molecule has 1 saturated carbocycles. The lowest BCUT2D eigenvalue weighted by atomic mass is 10.1. The number of carbonyl (C=O) groups is 2. The highest BCUT2D eigenvalue weighted by molar-refractivity contribution is 6.01. The molecular formula is C20H22N6O3. The van der Waals surface area contributed by atoms with Gasteiger partial charge in [0.25, 0.3) is 5.91 Å². The number of aliphatic hydroxyl groups excluding tert-OH is 1. The molecule has 0 radical (unpaired) electrons. The van der Waals surface area contributed by atoms with Crippen LogP contribution >= 0.6 is 0 Å². The SMILES string of the molecule is O=C1NCc2nc(N3CCC4C[C@]43CO)cc(-n3ccc(N4CCCC4=O)n3)c21. The number of carbonyl (C=O) groups excluding carboxylic acids is 2. The molecule has 6 rings (SSSR count). The standard InChI is InChI=1S/C20H22N6O3/c27-11-20-9-12(20)3-6-25(20)16-8-14(18-13(22-16)10-21-19(18)29)26-7-4-15(23-26)24-5-1-2-17(24)28/h4,7-8,12,27H,1-3,5-6,9-11H2,(H,21,29)/t12?,20-/m0/s1. The maximum atomic E-state index is 12.5. The molecule has 0 aromatic carbocycles. The molecule has 9 nitrogen and oxygen atoms in total. The van der Waals surface area contributed by atoms with Crippen LogP contribution in [0.3, 0.4) is 0 Å². The van der Waals surface area contributed by atoms with E-state index in [1.54, 1.807) is 15.8 Å². The summed E-state index contributed by atoms with van der Waals surface area (Å²) in [5, 5.41) is 17.4. The van der Waals surface area contributed by atoms with Crippen molar-refractivity contribution in [3.05, 3.63) is 29.6 Å². The molecule has 0 bridgehead atoms. The second-order valence-corrected chi connectivity index (χ2v) is 8.37. The highest BCUT2D eigenvalue weighted by Crippen LogP contribution is 2.56. The largest absolute Gasteiger partial charge is 0.394 e. The molecular weight excluding hydrogens is 372 g/mol. The summed E-state index contributed by atoms with van der Waals surface area (Å²) in [6, 6.07) is 3.70. The van der Waals surface area contributed by atoms with Gasteiger partial charge in [-0.15, -0.1) is 5.10 Å². The monoisotopic (exact) mass is 394 g/mol. The van der Waals surface area contributed by atoms with Crippen LogP contribution in [0.5, 0.6) is 0 Å². The van der Waals surface area contributed by atoms with Crippen LogP contribution in [0.2, 0.25) is 0 Å². The van der Waals surface area contributed by atoms with E-state index in [0.29, 0.717) is 48.2 Å². The number of pyridine rings is 1. The average molecular weight is 394 g/mol. The zero-order chi connectivity index (χ0) is 19.8. The van der Waals surface area contributed by atoms with Crippen LogP contribution in [0.1, 0.15) is 41.7 Å². The summed E-state index contributed by atoms with van der Waals surface area (Å²) in [7, 11) is 0. The van der Waals surface area contributed by atoms with E-state index in [0.717, 1.165) is 31.6 Å². The molecule has 4 aliphatic rings. The maximum absolute atomic E-state index is 12.5. The van der Waals surface area contributed by atoms with Crippen LogP contribution in [0.25, 0.3) is 5.69 Å². The third kappa shape index (κ3) is 2.30. The van der Waals surface area contributed by atoms with Crippen molar-refractivity contribution in [3.8, 4) is 5.69 Å². The topological polar surface area (TPSA) is 104 Å². The van der Waals surface area contributed by atoms with Crippen molar-refractivity contribution in [3.63, 3.8) is 0 Å². The van der Waals surface area contributed by atoms with E-state index in [1.165, 1.54) is 0 Å². The number of nitrogens with zero attached hydrogens (tertiary/aromatic N) is 5. The van der Waals surface area contributed by atoms with Gasteiger partial charge in [-0.05, 0) is 25.2 Å². The second kappa shape index (κ2) is 5.79. The van der Waals surface area contributed by atoms with Crippen LogP contribution in [0.15, 0.2) is 18.3 Å². The number of aliphatic hydroxyl groups is 1. The van der Waals surface area contributed by atoms with Gasteiger partial charge < -0.3 is 15.3 Å². The first-order valence-electron chi connectivity index (χ1n) is 10.2. The van der Waals surface area contributed by atoms with Gasteiger partial charge in [-0.3, -0.25) is 14.5 Å². The molecule has 3 aliphatic heterocycles. The smallest absolute Gasteiger partial charge is 0.255 e. The first-order valence-corrected chi connectivity index (χ1v) is 10.2. The van der Waals surface area contributed by atoms with E-state index < -0.39 is 0 Å². The van der Waals surface area contributed by atoms with Gasteiger partial charge in [-0.2, -0.15) is 0 Å². The summed E-state index contributed by atoms with van der Waals surface area (Å²) >= 11 is 0. The number of fused-ring (bicyclic) bond motifs is 2. The lowest BCUT2D eigenvalue weighted by molar-refractivity contribution is -0.117. The van der Waals surface area contributed by atoms with E-state index >= 15 is 0 Å². The van der Waals surface area contributed by atoms with Crippen molar-refractivity contribution < 1.29 is 14.7 Å². The Morgan fingerprint density at radius 1 is 1.28 bits per heavy atom. The van der Waals surface area contributed by atoms with Crippen molar-refractivity contribution >= 4 is 23.5 Å². The molecule has 2 atom stereocenters. The summed E-state index contributed by atoms with van der Waals surface area (Å²) in [4.78, 5) is 33.2. The Balaban J connectivity index is 1.44. The van der Waals surface area contributed by atoms with Crippen molar-refractivity contribution in [2.75, 3.05) is 29.5 Å². The maximum Gasteiger partial charge on any atom is 0.255 e. The molecule has 2 N–H and O–H groups in total. The fourth-order valence-electron chi connectivity index (χ4n) is 5.20. The molecule has 5 heterocycles. The molecule has 29 heavy (non-hydrogen) atoms. The Bertz CT molecular complexity index is 1040. The van der Waals surface area contributed by atoms with Crippen LogP contribution in [0.4, 0.5) is 11.6 Å². The van der Waals surface area contributed by atoms with Crippen molar-refractivity contribution in [1.82, 2.24) is 20.1 Å². The molecule has 9 heteroatoms. The quantitative estimate of drug-likeness (QED) is 0.787. The van der Waals surface area contributed by atoms with Gasteiger partial charge in [0, 0.05) is 37.8 Å². The molecule has 1 aliphatic carbocycles. The highest BCUT2D eigenvalue weighted by Gasteiger charge is 2.62. The Hall–Kier alpha value is -2.94. The van der Waals surface area contributed by atoms with E-state index in [4.69, 9.17) is 4.98 Å². The van der Waals surface area contributed by atoms with E-state index in [1.807, 2.05) is 12.1 Å². The highest BCUT2D eigenvalue weighted by atomic mass is 16.3. The zero-order valence-electron chi connectivity index (χ0n) is 16.0. The Morgan fingerprint density at radius 3 is 2.93 bits per heavy atom. The molecule has 3 fully saturated rings. The summed E-state index contributed by atoms with van der Waals surface area (Å²) in [6.07, 6.45) is 5.20. The minimum atomic E-state index is -0.203. The Labute approximate surface area is 167 Å². The number of hydrogen-bond donors (Lipinski definition) is 2. The van der Waals surface area contributed by atoms with Gasteiger partial charge in [-0.25, -0.2) is 9.67 Å². The summed E-state index contributed by atoms with van der Waals surface area (Å²) in [5.74, 6) is 1.82. The Kier molecular flexibility index (Phi) is 3.39. The number of nitrogens with one attached hydrogen (secondary N) is 1. The number of rotatable bonds is 4. The fourth-order valence-corrected chi connectivity index (χ4v) is 5.20. The lowest BCUT2D eigenvalue weighted by Gasteiger charge is -2.29. The van der Waals surface area contributed by atoms with Crippen molar-refractivity contribution in [2.24, 2.45) is 5.92 Å². The van der Waals surface area contributed by atoms with Gasteiger partial charge in [0.15, 0.2) is 5.82 Å². The summed E-state index contributed by atoms with van der Waals surface area (Å²) in [5.41, 5.74) is 1.69. The third-order valence-corrected chi connectivity index (χ3v) is 6.86. The van der Waals surface area contributed by atoms with Gasteiger partial charge in [-0.1, -0.05) is 0 Å². The molecule has 2 aromatic heterocycles. The van der Waals surface area contributed by atoms with E-state index in [-0.39, 0.29) is 24.0 Å². The lowest BCUT2D eigenvalue weighted by Crippen LogP contribution is -2.38. The third-order valence-electron chi connectivity index (χ3n) is 6.86. The molecule has 0 spiro atoms. The molecule has 2 saturated heterocycles. The Morgan fingerprint density at radius 2 is 2.17 bits per heavy atom. The fraction of sp³-hybridized carbons (Fsp3) is 0.500. The van der Waals surface area contributed by atoms with Crippen molar-refractivity contribution in [1.29, 1.82) is 0 Å². The normalized spacial score (nSPS) is 27.4. The predicted molar refractivity (Wildman–Crippen MR) is 104 cm³/mol. The summed E-state index contributed by atoms with van der Waals surface area (Å²) < 4.78 is 1.67. The predicted octanol–water partition coefficient (Wildman–Crippen LogP) is 0.599. The number of hydrogen-bond acceptors (Lipinski definition) is 6. The zero-order valence-corrected chi connectivity index (χ0v) is 16.0. The van der Waals surface area contributed by atoms with Gasteiger partial charge >= 0.3 is 0 Å². The number of aromatic nitrogens is 3. The minimum absolute atomic E-state index is 0.0790. The number of anilines is 2. The minimum Gasteiger partial charge on any atom is -0.394 e. The first-order chi connectivity index (χ1) is 14.1. The van der Waals surface area contributed by atoms with Crippen molar-refractivity contribution in [2.45, 2.75) is 37.8 Å². The van der Waals surface area contributed by atoms with Gasteiger partial charge in [0.05, 0.1) is 35.6 Å². The van der Waals surface area contributed by atoms with Gasteiger partial charge in [0.1, 0.15) is 5.82 Å². The van der Waals surface area contributed by atoms with E-state index in [2.05, 4.69) is 15.3 Å². The van der Waals surface area contributed by atoms with Gasteiger partial charge in [0.2, 0.25) is 5.91 Å². The number of amides is 2.